The van der Waals surface area contributed by atoms with E-state index >= 15 is 0 Å². The van der Waals surface area contributed by atoms with E-state index in [1.165, 1.54) is 72.1 Å². The van der Waals surface area contributed by atoms with Crippen LogP contribution in [0.1, 0.15) is 92.4 Å². The summed E-state index contributed by atoms with van der Waals surface area (Å²) in [5.74, 6) is -1.58. The van der Waals surface area contributed by atoms with E-state index in [9.17, 15) is 22.8 Å². The van der Waals surface area contributed by atoms with Crippen molar-refractivity contribution in [2.24, 2.45) is 11.8 Å². The Morgan fingerprint density at radius 2 is 1.83 bits per heavy atom. The predicted octanol–water partition coefficient (Wildman–Crippen LogP) is 9.31. The highest BCUT2D eigenvalue weighted by Crippen LogP contribution is 2.44. The number of unbranched alkanes of at least 4 members (excludes halogenated alkanes) is 1. The molecule has 0 spiro atoms. The Labute approximate surface area is 212 Å². The number of benzene rings is 1. The number of thiophene rings is 2. The molecule has 2 heterocycles. The fraction of sp³-hybridized carbons (Fsp3) is 0.571. The van der Waals surface area contributed by atoms with Crippen LogP contribution in [0.4, 0.5) is 13.2 Å². The van der Waals surface area contributed by atoms with Crippen molar-refractivity contribution in [2.45, 2.75) is 90.7 Å². The van der Waals surface area contributed by atoms with Gasteiger partial charge in [-0.1, -0.05) is 65.2 Å². The largest absolute Gasteiger partial charge is 0.450 e. The molecule has 0 aliphatic heterocycles. The first-order valence-corrected chi connectivity index (χ1v) is 14.5. The molecule has 0 amide bonds. The van der Waals surface area contributed by atoms with Crippen molar-refractivity contribution in [2.75, 3.05) is 0 Å². The lowest BCUT2D eigenvalue weighted by molar-refractivity contribution is -0.170. The van der Waals surface area contributed by atoms with Crippen LogP contribution in [0, 0.1) is 11.8 Å². The minimum Gasteiger partial charge on any atom is -0.293 e. The number of ketones is 2. The molecule has 0 saturated heterocycles. The van der Waals surface area contributed by atoms with Gasteiger partial charge < -0.3 is 0 Å². The second kappa shape index (κ2) is 11.1. The average Bonchev–Trinajstić information content (AvgIpc) is 3.47. The SMILES string of the molecule is CCCCC(C)Cc1c(CC2CCCCC2)c2sc(C(=O)CC(=O)C(F)(F)F)cc2c2ccsc12. The van der Waals surface area contributed by atoms with E-state index in [2.05, 4.69) is 25.3 Å². The van der Waals surface area contributed by atoms with E-state index in [-0.39, 0.29) is 4.88 Å². The molecule has 1 aromatic carbocycles. The molecular formula is C28H33F3O2S2. The van der Waals surface area contributed by atoms with Crippen molar-refractivity contribution in [1.82, 2.24) is 0 Å². The first-order chi connectivity index (χ1) is 16.7. The highest BCUT2D eigenvalue weighted by Gasteiger charge is 2.39. The summed E-state index contributed by atoms with van der Waals surface area (Å²) in [6, 6.07) is 3.80. The van der Waals surface area contributed by atoms with E-state index in [4.69, 9.17) is 0 Å². The number of halogens is 3. The number of alkyl halides is 3. The third-order valence-corrected chi connectivity index (χ3v) is 9.54. The van der Waals surface area contributed by atoms with Crippen LogP contribution < -0.4 is 0 Å². The molecule has 1 fully saturated rings. The van der Waals surface area contributed by atoms with E-state index in [1.807, 2.05) is 0 Å². The number of Topliss-reactive ketones (excluding diaryl/α,β-unsaturated/α-hetero) is 2. The van der Waals surface area contributed by atoms with Gasteiger partial charge in [-0.2, -0.15) is 13.2 Å². The van der Waals surface area contributed by atoms with Gasteiger partial charge in [-0.3, -0.25) is 9.59 Å². The van der Waals surface area contributed by atoms with Crippen molar-refractivity contribution >= 4 is 54.4 Å². The Hall–Kier alpha value is -1.73. The minimum atomic E-state index is -4.99. The van der Waals surface area contributed by atoms with Crippen molar-refractivity contribution in [3.05, 3.63) is 33.5 Å². The number of hydrogen-bond acceptors (Lipinski definition) is 4. The average molecular weight is 523 g/mol. The highest BCUT2D eigenvalue weighted by molar-refractivity contribution is 7.22. The lowest BCUT2D eigenvalue weighted by atomic mass is 9.82. The molecule has 35 heavy (non-hydrogen) atoms. The normalized spacial score (nSPS) is 16.3. The van der Waals surface area contributed by atoms with Crippen LogP contribution in [0.2, 0.25) is 0 Å². The molecule has 4 rings (SSSR count). The molecule has 7 heteroatoms. The Kier molecular flexibility index (Phi) is 8.37. The van der Waals surface area contributed by atoms with E-state index in [0.29, 0.717) is 11.8 Å². The summed E-state index contributed by atoms with van der Waals surface area (Å²) in [5.41, 5.74) is 2.65. The van der Waals surface area contributed by atoms with E-state index in [1.54, 1.807) is 17.4 Å². The summed E-state index contributed by atoms with van der Waals surface area (Å²) in [6.45, 7) is 4.51. The van der Waals surface area contributed by atoms with Gasteiger partial charge >= 0.3 is 6.18 Å². The number of fused-ring (bicyclic) bond motifs is 3. The zero-order chi connectivity index (χ0) is 25.2. The summed E-state index contributed by atoms with van der Waals surface area (Å²) < 4.78 is 40.6. The maximum Gasteiger partial charge on any atom is 0.450 e. The number of carbonyl (C=O) groups excluding carboxylic acids is 2. The van der Waals surface area contributed by atoms with Gasteiger partial charge in [0, 0.05) is 20.2 Å². The molecule has 2 aromatic heterocycles. The predicted molar refractivity (Wildman–Crippen MR) is 140 cm³/mol. The fourth-order valence-corrected chi connectivity index (χ4v) is 7.62. The van der Waals surface area contributed by atoms with Crippen molar-refractivity contribution in [3.63, 3.8) is 0 Å². The van der Waals surface area contributed by atoms with Crippen molar-refractivity contribution in [3.8, 4) is 0 Å². The first kappa shape index (κ1) is 26.3. The maximum atomic E-state index is 12.8. The molecule has 1 unspecified atom stereocenters. The lowest BCUT2D eigenvalue weighted by Gasteiger charge is -2.24. The molecule has 2 nitrogen and oxygen atoms in total. The van der Waals surface area contributed by atoms with Crippen LogP contribution in [0.5, 0.6) is 0 Å². The number of hydrogen-bond donors (Lipinski definition) is 0. The Bertz CT molecular complexity index is 1200. The van der Waals surface area contributed by atoms with Gasteiger partial charge in [0.15, 0.2) is 5.78 Å². The van der Waals surface area contributed by atoms with Gasteiger partial charge in [-0.25, -0.2) is 0 Å². The first-order valence-electron chi connectivity index (χ1n) is 12.8. The standard InChI is InChI=1S/C28H33F3O2S2/c1-3-4-8-17(2)13-20-21(14-18-9-6-5-7-10-18)27-22(19-11-12-34-26(19)20)15-24(35-27)23(32)16-25(33)28(29,30)31/h11-12,15,17-18H,3-10,13-14,16H2,1-2H3. The topological polar surface area (TPSA) is 34.1 Å². The highest BCUT2D eigenvalue weighted by atomic mass is 32.1. The molecule has 1 aliphatic rings. The molecule has 1 atom stereocenters. The van der Waals surface area contributed by atoms with Crippen LogP contribution in [-0.2, 0) is 17.6 Å². The maximum absolute atomic E-state index is 12.8. The van der Waals surface area contributed by atoms with Crippen LogP contribution >= 0.6 is 22.7 Å². The van der Waals surface area contributed by atoms with Gasteiger partial charge in [0.2, 0.25) is 5.78 Å². The molecule has 0 N–H and O–H groups in total. The molecular weight excluding hydrogens is 489 g/mol. The molecule has 0 bridgehead atoms. The summed E-state index contributed by atoms with van der Waals surface area (Å²) >= 11 is 3.01. The Morgan fingerprint density at radius 3 is 2.51 bits per heavy atom. The summed E-state index contributed by atoms with van der Waals surface area (Å²) in [5, 5.41) is 4.10. The quantitative estimate of drug-likeness (QED) is 0.196. The van der Waals surface area contributed by atoms with Crippen LogP contribution in [0.25, 0.3) is 20.2 Å². The third-order valence-electron chi connectivity index (χ3n) is 7.33. The van der Waals surface area contributed by atoms with Crippen LogP contribution in [-0.4, -0.2) is 17.7 Å². The van der Waals surface area contributed by atoms with Crippen molar-refractivity contribution < 1.29 is 22.8 Å². The number of carbonyl (C=O) groups is 2. The molecule has 3 aromatic rings. The third kappa shape index (κ3) is 5.99. The van der Waals surface area contributed by atoms with Gasteiger partial charge in [0.05, 0.1) is 11.3 Å². The van der Waals surface area contributed by atoms with Crippen molar-refractivity contribution in [1.29, 1.82) is 0 Å². The van der Waals surface area contributed by atoms with E-state index in [0.717, 1.165) is 34.7 Å². The molecule has 0 radical (unpaired) electrons. The van der Waals surface area contributed by atoms with Gasteiger partial charge in [-0.15, -0.1) is 22.7 Å². The lowest BCUT2D eigenvalue weighted by Crippen LogP contribution is -2.25. The fourth-order valence-electron chi connectivity index (χ4n) is 5.43. The number of rotatable bonds is 10. The van der Waals surface area contributed by atoms with Gasteiger partial charge in [-0.05, 0) is 53.3 Å². The minimum absolute atomic E-state index is 0.256. The zero-order valence-electron chi connectivity index (χ0n) is 20.4. The smallest absolute Gasteiger partial charge is 0.293 e. The Morgan fingerprint density at radius 1 is 1.09 bits per heavy atom. The molecule has 1 saturated carbocycles. The van der Waals surface area contributed by atoms with E-state index < -0.39 is 24.2 Å². The second-order valence-electron chi connectivity index (χ2n) is 10.2. The summed E-state index contributed by atoms with van der Waals surface area (Å²) in [4.78, 5) is 24.5. The Balaban J connectivity index is 1.80. The van der Waals surface area contributed by atoms with Gasteiger partial charge in [0.25, 0.3) is 0 Å². The summed E-state index contributed by atoms with van der Waals surface area (Å²) in [6.07, 6.45) is 5.51. The molecule has 190 valence electrons. The van der Waals surface area contributed by atoms with Crippen LogP contribution in [0.3, 0.4) is 0 Å². The van der Waals surface area contributed by atoms with Crippen LogP contribution in [0.15, 0.2) is 17.5 Å². The summed E-state index contributed by atoms with van der Waals surface area (Å²) in [7, 11) is 0. The van der Waals surface area contributed by atoms with Gasteiger partial charge in [0.1, 0.15) is 0 Å². The second-order valence-corrected chi connectivity index (χ2v) is 12.1. The molecule has 1 aliphatic carbocycles. The monoisotopic (exact) mass is 522 g/mol. The zero-order valence-corrected chi connectivity index (χ0v) is 22.1.